The Morgan fingerprint density at radius 3 is 2.37 bits per heavy atom. The van der Waals surface area contributed by atoms with E-state index >= 15 is 0 Å². The van der Waals surface area contributed by atoms with E-state index in [1.807, 2.05) is 19.9 Å². The summed E-state index contributed by atoms with van der Waals surface area (Å²) in [6.45, 7) is 4.12. The van der Waals surface area contributed by atoms with Crippen LogP contribution in [-0.4, -0.2) is 54.2 Å². The number of ether oxygens (including phenoxy) is 2. The molecule has 2 N–H and O–H groups in total. The first-order valence-corrected chi connectivity index (χ1v) is 9.52. The fraction of sp³-hybridized carbons (Fsp3) is 0.304. The maximum Gasteiger partial charge on any atom is 0.295 e. The van der Waals surface area contributed by atoms with Crippen LogP contribution in [-0.2, 0) is 14.3 Å². The SMILES string of the molecule is COCCN1C(=O)C(=O)/C(=C(/O)c2cc(C)cc(C)c2OC)C1c1ccc(O)cc1. The molecule has 0 radical (unpaired) electrons. The number of aryl methyl sites for hydroxylation is 2. The van der Waals surface area contributed by atoms with Crippen molar-refractivity contribution in [2.75, 3.05) is 27.4 Å². The highest BCUT2D eigenvalue weighted by Crippen LogP contribution is 2.41. The van der Waals surface area contributed by atoms with Crippen molar-refractivity contribution < 1.29 is 29.3 Å². The van der Waals surface area contributed by atoms with Crippen LogP contribution < -0.4 is 4.74 Å². The number of aliphatic hydroxyl groups is 1. The van der Waals surface area contributed by atoms with E-state index in [9.17, 15) is 19.8 Å². The number of phenols is 1. The van der Waals surface area contributed by atoms with Crippen LogP contribution in [0.4, 0.5) is 0 Å². The van der Waals surface area contributed by atoms with E-state index in [-0.39, 0.29) is 30.2 Å². The molecular weight excluding hydrogens is 386 g/mol. The Kier molecular flexibility index (Phi) is 6.12. The smallest absolute Gasteiger partial charge is 0.295 e. The second-order valence-electron chi connectivity index (χ2n) is 7.24. The van der Waals surface area contributed by atoms with Crippen molar-refractivity contribution in [2.45, 2.75) is 19.9 Å². The van der Waals surface area contributed by atoms with Crippen molar-refractivity contribution in [2.24, 2.45) is 0 Å². The van der Waals surface area contributed by atoms with Gasteiger partial charge in [-0.05, 0) is 48.7 Å². The van der Waals surface area contributed by atoms with Crippen molar-refractivity contribution in [1.82, 2.24) is 4.90 Å². The van der Waals surface area contributed by atoms with Crippen LogP contribution in [0.1, 0.15) is 28.3 Å². The van der Waals surface area contributed by atoms with E-state index < -0.39 is 17.7 Å². The molecule has 0 aromatic heterocycles. The number of benzene rings is 2. The third kappa shape index (κ3) is 3.76. The first kappa shape index (κ1) is 21.4. The predicted octanol–water partition coefficient (Wildman–Crippen LogP) is 3.09. The van der Waals surface area contributed by atoms with E-state index in [1.54, 1.807) is 18.2 Å². The summed E-state index contributed by atoms with van der Waals surface area (Å²) in [5.74, 6) is -1.29. The Morgan fingerprint density at radius 2 is 1.77 bits per heavy atom. The molecule has 2 aromatic carbocycles. The number of aliphatic hydroxyl groups excluding tert-OH is 1. The molecule has 0 spiro atoms. The van der Waals surface area contributed by atoms with Crippen molar-refractivity contribution in [3.05, 3.63) is 64.2 Å². The van der Waals surface area contributed by atoms with Crippen LogP contribution in [0, 0.1) is 13.8 Å². The van der Waals surface area contributed by atoms with Crippen molar-refractivity contribution in [3.63, 3.8) is 0 Å². The molecule has 1 heterocycles. The lowest BCUT2D eigenvalue weighted by molar-refractivity contribution is -0.140. The molecule has 1 unspecified atom stereocenters. The van der Waals surface area contributed by atoms with Crippen LogP contribution in [0.2, 0.25) is 0 Å². The predicted molar refractivity (Wildman–Crippen MR) is 111 cm³/mol. The molecule has 2 aromatic rings. The van der Waals surface area contributed by atoms with Gasteiger partial charge in [0.2, 0.25) is 0 Å². The van der Waals surface area contributed by atoms with Gasteiger partial charge in [-0.2, -0.15) is 0 Å². The van der Waals surface area contributed by atoms with Gasteiger partial charge < -0.3 is 24.6 Å². The van der Waals surface area contributed by atoms with Crippen molar-refractivity contribution >= 4 is 17.4 Å². The number of hydrogen-bond donors (Lipinski definition) is 2. The third-order valence-corrected chi connectivity index (χ3v) is 5.16. The first-order valence-electron chi connectivity index (χ1n) is 9.52. The van der Waals surface area contributed by atoms with E-state index in [0.717, 1.165) is 11.1 Å². The first-order chi connectivity index (χ1) is 14.3. The second kappa shape index (κ2) is 8.59. The number of nitrogens with zero attached hydrogens (tertiary/aromatic N) is 1. The minimum atomic E-state index is -0.814. The number of rotatable bonds is 6. The van der Waals surface area contributed by atoms with Gasteiger partial charge in [0, 0.05) is 13.7 Å². The van der Waals surface area contributed by atoms with Gasteiger partial charge in [-0.1, -0.05) is 18.2 Å². The average molecular weight is 411 g/mol. The number of amides is 1. The number of phenolic OH excluding ortho intramolecular Hbond substituents is 1. The maximum atomic E-state index is 13.0. The molecular formula is C23H25NO6. The van der Waals surface area contributed by atoms with Crippen LogP contribution >= 0.6 is 0 Å². The molecule has 1 amide bonds. The zero-order valence-corrected chi connectivity index (χ0v) is 17.4. The summed E-state index contributed by atoms with van der Waals surface area (Å²) in [5, 5.41) is 20.9. The summed E-state index contributed by atoms with van der Waals surface area (Å²) in [7, 11) is 3.00. The molecule has 0 saturated carbocycles. The number of carbonyl (C=O) groups excluding carboxylic acids is 2. The van der Waals surface area contributed by atoms with E-state index in [2.05, 4.69) is 0 Å². The van der Waals surface area contributed by atoms with Gasteiger partial charge in [0.25, 0.3) is 11.7 Å². The Labute approximate surface area is 175 Å². The lowest BCUT2D eigenvalue weighted by atomic mass is 9.93. The van der Waals surface area contributed by atoms with Gasteiger partial charge in [0.05, 0.1) is 30.9 Å². The number of Topliss-reactive ketones (excluding diaryl/α,β-unsaturated/α-hetero) is 1. The van der Waals surface area contributed by atoms with E-state index in [0.29, 0.717) is 16.9 Å². The van der Waals surface area contributed by atoms with Gasteiger partial charge in [0.15, 0.2) is 0 Å². The monoisotopic (exact) mass is 411 g/mol. The summed E-state index contributed by atoms with van der Waals surface area (Å²) in [5.41, 5.74) is 2.60. The summed E-state index contributed by atoms with van der Waals surface area (Å²) in [6.07, 6.45) is 0. The van der Waals surface area contributed by atoms with E-state index in [4.69, 9.17) is 9.47 Å². The molecule has 3 rings (SSSR count). The fourth-order valence-corrected chi connectivity index (χ4v) is 3.85. The zero-order chi connectivity index (χ0) is 22.0. The van der Waals surface area contributed by atoms with Crippen LogP contribution in [0.25, 0.3) is 5.76 Å². The second-order valence-corrected chi connectivity index (χ2v) is 7.24. The molecule has 7 heteroatoms. The number of ketones is 1. The van der Waals surface area contributed by atoms with Gasteiger partial charge >= 0.3 is 0 Å². The van der Waals surface area contributed by atoms with Gasteiger partial charge in [-0.15, -0.1) is 0 Å². The summed E-state index contributed by atoms with van der Waals surface area (Å²) < 4.78 is 10.6. The Balaban J connectivity index is 2.25. The maximum absolute atomic E-state index is 13.0. The third-order valence-electron chi connectivity index (χ3n) is 5.16. The average Bonchev–Trinajstić information content (AvgIpc) is 2.96. The van der Waals surface area contributed by atoms with Gasteiger partial charge in [0.1, 0.15) is 17.3 Å². The summed E-state index contributed by atoms with van der Waals surface area (Å²) >= 11 is 0. The molecule has 1 saturated heterocycles. The summed E-state index contributed by atoms with van der Waals surface area (Å²) in [4.78, 5) is 27.1. The molecule has 1 atom stereocenters. The minimum Gasteiger partial charge on any atom is -0.508 e. The Bertz CT molecular complexity index is 1010. The number of hydrogen-bond acceptors (Lipinski definition) is 6. The largest absolute Gasteiger partial charge is 0.508 e. The van der Waals surface area contributed by atoms with Crippen LogP contribution in [0.15, 0.2) is 42.0 Å². The summed E-state index contributed by atoms with van der Waals surface area (Å²) in [6, 6.07) is 9.01. The van der Waals surface area contributed by atoms with E-state index in [1.165, 1.54) is 31.3 Å². The molecule has 0 aliphatic carbocycles. The topological polar surface area (TPSA) is 96.3 Å². The molecule has 0 bridgehead atoms. The van der Waals surface area contributed by atoms with Crippen LogP contribution in [0.5, 0.6) is 11.5 Å². The lowest BCUT2D eigenvalue weighted by Gasteiger charge is -2.25. The molecule has 158 valence electrons. The lowest BCUT2D eigenvalue weighted by Crippen LogP contribution is -2.32. The zero-order valence-electron chi connectivity index (χ0n) is 17.4. The molecule has 1 aliphatic heterocycles. The van der Waals surface area contributed by atoms with Crippen molar-refractivity contribution in [1.29, 1.82) is 0 Å². The van der Waals surface area contributed by atoms with Crippen molar-refractivity contribution in [3.8, 4) is 11.5 Å². The Hall–Kier alpha value is -3.32. The fourth-order valence-electron chi connectivity index (χ4n) is 3.85. The molecule has 30 heavy (non-hydrogen) atoms. The van der Waals surface area contributed by atoms with Crippen LogP contribution in [0.3, 0.4) is 0 Å². The number of aromatic hydroxyl groups is 1. The number of likely N-dealkylation sites (tertiary alicyclic amines) is 1. The Morgan fingerprint density at radius 1 is 1.10 bits per heavy atom. The standard InChI is InChI=1S/C23H25NO6/c1-13-11-14(2)22(30-4)17(12-13)20(26)18-19(15-5-7-16(25)8-6-15)24(9-10-29-3)23(28)21(18)27/h5-8,11-12,19,25-26H,9-10H2,1-4H3/b20-18+. The molecule has 1 fully saturated rings. The minimum absolute atomic E-state index is 0.0231. The molecule has 1 aliphatic rings. The van der Waals surface area contributed by atoms with Gasteiger partial charge in [-0.25, -0.2) is 0 Å². The highest BCUT2D eigenvalue weighted by Gasteiger charge is 2.46. The van der Waals surface area contributed by atoms with Gasteiger partial charge in [-0.3, -0.25) is 9.59 Å². The highest BCUT2D eigenvalue weighted by atomic mass is 16.5. The highest BCUT2D eigenvalue weighted by molar-refractivity contribution is 6.46. The quantitative estimate of drug-likeness (QED) is 0.431. The number of methoxy groups -OCH3 is 2. The normalized spacial score (nSPS) is 18.1. The molecule has 7 nitrogen and oxygen atoms in total. The number of carbonyl (C=O) groups is 2.